The highest BCUT2D eigenvalue weighted by Crippen LogP contribution is 2.47. The number of benzene rings is 3. The molecule has 6 heteroatoms. The van der Waals surface area contributed by atoms with E-state index in [9.17, 15) is 9.59 Å². The molecule has 2 heterocycles. The first kappa shape index (κ1) is 22.2. The van der Waals surface area contributed by atoms with Gasteiger partial charge in [0, 0.05) is 0 Å². The van der Waals surface area contributed by atoms with E-state index in [0.29, 0.717) is 18.0 Å². The largest absolute Gasteiger partial charge is 0.494 e. The van der Waals surface area contributed by atoms with Gasteiger partial charge in [-0.1, -0.05) is 56.3 Å². The van der Waals surface area contributed by atoms with Gasteiger partial charge >= 0.3 is 0 Å². The van der Waals surface area contributed by atoms with Crippen LogP contribution in [0.4, 0.5) is 11.4 Å². The van der Waals surface area contributed by atoms with Crippen molar-refractivity contribution in [3.63, 3.8) is 0 Å². The Morgan fingerprint density at radius 2 is 1.53 bits per heavy atom. The lowest BCUT2D eigenvalue weighted by Crippen LogP contribution is -2.37. The number of para-hydroxylation sites is 1. The molecule has 0 aliphatic carbocycles. The smallest absolute Gasteiger partial charge is 0.266 e. The van der Waals surface area contributed by atoms with Crippen molar-refractivity contribution in [3.8, 4) is 5.75 Å². The van der Waals surface area contributed by atoms with Crippen LogP contribution in [-0.2, 0) is 20.8 Å². The summed E-state index contributed by atoms with van der Waals surface area (Å²) in [6.07, 6.45) is 0.961. The Labute approximate surface area is 199 Å². The fraction of sp³-hybridized carbons (Fsp3) is 0.286. The Morgan fingerprint density at radius 3 is 2.18 bits per heavy atom. The minimum Gasteiger partial charge on any atom is -0.494 e. The third-order valence-electron chi connectivity index (χ3n) is 6.42. The van der Waals surface area contributed by atoms with Gasteiger partial charge < -0.3 is 4.74 Å². The molecule has 3 atom stereocenters. The maximum atomic E-state index is 13.7. The molecule has 5 rings (SSSR count). The van der Waals surface area contributed by atoms with Gasteiger partial charge in [0.1, 0.15) is 11.7 Å². The summed E-state index contributed by atoms with van der Waals surface area (Å²) in [7, 11) is 0. The highest BCUT2D eigenvalue weighted by Gasteiger charge is 2.60. The number of carbonyl (C=O) groups is 2. The van der Waals surface area contributed by atoms with Gasteiger partial charge in [-0.3, -0.25) is 14.4 Å². The second-order valence-electron chi connectivity index (χ2n) is 8.61. The van der Waals surface area contributed by atoms with Crippen LogP contribution in [0.15, 0.2) is 78.9 Å². The molecule has 174 valence electrons. The van der Waals surface area contributed by atoms with Crippen LogP contribution in [0.5, 0.6) is 5.75 Å². The van der Waals surface area contributed by atoms with Crippen LogP contribution in [0.1, 0.15) is 37.4 Å². The summed E-state index contributed by atoms with van der Waals surface area (Å²) >= 11 is 0. The zero-order chi connectivity index (χ0) is 23.7. The van der Waals surface area contributed by atoms with Crippen LogP contribution in [0, 0.1) is 5.92 Å². The molecule has 2 aliphatic heterocycles. The van der Waals surface area contributed by atoms with E-state index in [1.807, 2.05) is 49.4 Å². The maximum absolute atomic E-state index is 13.7. The fourth-order valence-corrected chi connectivity index (χ4v) is 4.67. The summed E-state index contributed by atoms with van der Waals surface area (Å²) in [6.45, 7) is 4.77. The first-order valence-electron chi connectivity index (χ1n) is 11.8. The third-order valence-corrected chi connectivity index (χ3v) is 6.42. The molecular formula is C28H28N2O4. The molecule has 0 unspecified atom stereocenters. The normalized spacial score (nSPS) is 21.8. The van der Waals surface area contributed by atoms with Gasteiger partial charge in [0.2, 0.25) is 5.91 Å². The Morgan fingerprint density at radius 1 is 0.824 bits per heavy atom. The van der Waals surface area contributed by atoms with Crippen molar-refractivity contribution in [1.82, 2.24) is 0 Å². The zero-order valence-corrected chi connectivity index (χ0v) is 19.4. The Hall–Kier alpha value is -3.64. The number of imide groups is 1. The van der Waals surface area contributed by atoms with Crippen LogP contribution in [0.2, 0.25) is 0 Å². The lowest BCUT2D eigenvalue weighted by Gasteiger charge is -2.29. The van der Waals surface area contributed by atoms with Crippen molar-refractivity contribution < 1.29 is 19.2 Å². The molecule has 0 aromatic heterocycles. The van der Waals surface area contributed by atoms with Crippen molar-refractivity contribution in [3.05, 3.63) is 90.0 Å². The summed E-state index contributed by atoms with van der Waals surface area (Å²) in [4.78, 5) is 34.6. The van der Waals surface area contributed by atoms with Gasteiger partial charge in [-0.2, -0.15) is 0 Å². The van der Waals surface area contributed by atoms with Gasteiger partial charge in [-0.25, -0.2) is 9.96 Å². The Kier molecular flexibility index (Phi) is 6.07. The molecule has 3 aromatic rings. The molecule has 6 nitrogen and oxygen atoms in total. The number of anilines is 2. The molecule has 2 saturated heterocycles. The highest BCUT2D eigenvalue weighted by atomic mass is 16.7. The fourth-order valence-electron chi connectivity index (χ4n) is 4.67. The van der Waals surface area contributed by atoms with Crippen LogP contribution in [0.3, 0.4) is 0 Å². The van der Waals surface area contributed by atoms with Gasteiger partial charge in [0.05, 0.1) is 24.0 Å². The summed E-state index contributed by atoms with van der Waals surface area (Å²) in [5, 5.41) is 1.73. The number of hydroxylamine groups is 1. The number of carbonyl (C=O) groups excluding carboxylic acids is 2. The molecule has 3 aromatic carbocycles. The maximum Gasteiger partial charge on any atom is 0.266 e. The van der Waals surface area contributed by atoms with Crippen LogP contribution >= 0.6 is 0 Å². The molecule has 2 aliphatic rings. The van der Waals surface area contributed by atoms with E-state index in [-0.39, 0.29) is 11.8 Å². The molecule has 0 saturated carbocycles. The van der Waals surface area contributed by atoms with Gasteiger partial charge in [0.25, 0.3) is 5.91 Å². The van der Waals surface area contributed by atoms with E-state index >= 15 is 0 Å². The number of rotatable bonds is 7. The first-order chi connectivity index (χ1) is 16.6. The van der Waals surface area contributed by atoms with E-state index in [2.05, 4.69) is 19.1 Å². The number of amides is 2. The molecule has 0 radical (unpaired) electrons. The Bertz CT molecular complexity index is 1160. The van der Waals surface area contributed by atoms with E-state index in [0.717, 1.165) is 24.1 Å². The lowest BCUT2D eigenvalue weighted by molar-refractivity contribution is -0.126. The van der Waals surface area contributed by atoms with Crippen molar-refractivity contribution in [1.29, 1.82) is 0 Å². The molecule has 2 fully saturated rings. The van der Waals surface area contributed by atoms with E-state index in [1.54, 1.807) is 29.3 Å². The first-order valence-corrected chi connectivity index (χ1v) is 11.8. The molecule has 2 amide bonds. The van der Waals surface area contributed by atoms with Gasteiger partial charge in [-0.15, -0.1) is 0 Å². The van der Waals surface area contributed by atoms with Crippen molar-refractivity contribution in [2.75, 3.05) is 16.6 Å². The van der Waals surface area contributed by atoms with E-state index in [4.69, 9.17) is 9.57 Å². The second-order valence-corrected chi connectivity index (χ2v) is 8.61. The number of ether oxygens (including phenoxy) is 1. The number of aryl methyl sites for hydroxylation is 1. The minimum absolute atomic E-state index is 0.250. The van der Waals surface area contributed by atoms with Crippen LogP contribution < -0.4 is 14.7 Å². The zero-order valence-electron chi connectivity index (χ0n) is 19.4. The number of hydrogen-bond donors (Lipinski definition) is 0. The van der Waals surface area contributed by atoms with Crippen LogP contribution in [0.25, 0.3) is 0 Å². The van der Waals surface area contributed by atoms with E-state index in [1.165, 1.54) is 10.5 Å². The molecule has 0 N–H and O–H groups in total. The number of nitrogens with zero attached hydrogens (tertiary/aromatic N) is 2. The summed E-state index contributed by atoms with van der Waals surface area (Å²) < 4.78 is 5.64. The van der Waals surface area contributed by atoms with Crippen molar-refractivity contribution >= 4 is 23.2 Å². The lowest BCUT2D eigenvalue weighted by atomic mass is 9.90. The molecule has 0 bridgehead atoms. The summed E-state index contributed by atoms with van der Waals surface area (Å²) in [6, 6.07) is 24.5. The average molecular weight is 457 g/mol. The third kappa shape index (κ3) is 3.84. The minimum atomic E-state index is -0.875. The van der Waals surface area contributed by atoms with Crippen molar-refractivity contribution in [2.45, 2.75) is 38.8 Å². The number of fused-ring (bicyclic) bond motifs is 1. The second kappa shape index (κ2) is 9.31. The molecular weight excluding hydrogens is 428 g/mol. The summed E-state index contributed by atoms with van der Waals surface area (Å²) in [5.74, 6) is -0.521. The molecule has 0 spiro atoms. The standard InChI is InChI=1S/C28H28N2O4/c1-3-18-33-23-16-14-21(15-17-23)29-27(31)24-25(20-12-10-19(4-2)11-13-20)30(34-26(24)28(29)32)22-8-6-5-7-9-22/h5-17,24-26H,3-4,18H2,1-2H3/t24-,25-,26+/m1/s1. The Balaban J connectivity index is 1.49. The van der Waals surface area contributed by atoms with Gasteiger partial charge in [-0.05, 0) is 60.4 Å². The topological polar surface area (TPSA) is 59.1 Å². The monoisotopic (exact) mass is 456 g/mol. The van der Waals surface area contributed by atoms with E-state index < -0.39 is 18.1 Å². The van der Waals surface area contributed by atoms with Crippen LogP contribution in [-0.4, -0.2) is 24.5 Å². The number of hydrogen-bond acceptors (Lipinski definition) is 5. The molecule has 34 heavy (non-hydrogen) atoms. The average Bonchev–Trinajstić information content (AvgIpc) is 3.39. The van der Waals surface area contributed by atoms with Gasteiger partial charge in [0.15, 0.2) is 6.10 Å². The SMILES string of the molecule is CCCOc1ccc(N2C(=O)[C@H]3[C@H](ON(c4ccccc4)[C@@H]3c3ccc(CC)cc3)C2=O)cc1. The predicted octanol–water partition coefficient (Wildman–Crippen LogP) is 5.09. The van der Waals surface area contributed by atoms with Crippen molar-refractivity contribution in [2.24, 2.45) is 5.92 Å². The highest BCUT2D eigenvalue weighted by molar-refractivity contribution is 6.23. The predicted molar refractivity (Wildman–Crippen MR) is 131 cm³/mol. The summed E-state index contributed by atoms with van der Waals surface area (Å²) in [5.41, 5.74) is 3.50. The quantitative estimate of drug-likeness (QED) is 0.464.